The molecule has 2 aliphatic rings. The summed E-state index contributed by atoms with van der Waals surface area (Å²) >= 11 is 0. The molecule has 3 rings (SSSR count). The molecule has 0 spiro atoms. The first-order valence-corrected chi connectivity index (χ1v) is 7.62. The van der Waals surface area contributed by atoms with Gasteiger partial charge in [-0.15, -0.1) is 0 Å². The molecule has 6 nitrogen and oxygen atoms in total. The smallest absolute Gasteiger partial charge is 0.410 e. The van der Waals surface area contributed by atoms with E-state index in [1.165, 1.54) is 0 Å². The molecule has 0 aliphatic carbocycles. The first kappa shape index (κ1) is 14.8. The number of amides is 2. The minimum absolute atomic E-state index is 0.0113. The van der Waals surface area contributed by atoms with Crippen LogP contribution in [0.1, 0.15) is 6.42 Å². The summed E-state index contributed by atoms with van der Waals surface area (Å²) in [5, 5.41) is 0. The lowest BCUT2D eigenvalue weighted by Gasteiger charge is -2.35. The average molecular weight is 304 g/mol. The van der Waals surface area contributed by atoms with Crippen LogP contribution in [-0.4, -0.2) is 61.2 Å². The molecule has 1 aromatic carbocycles. The Balaban J connectivity index is 1.48. The van der Waals surface area contributed by atoms with Crippen molar-refractivity contribution in [2.24, 2.45) is 5.92 Å². The highest BCUT2D eigenvalue weighted by Gasteiger charge is 2.31. The number of carbonyl (C=O) groups excluding carboxylic acids is 2. The van der Waals surface area contributed by atoms with E-state index in [4.69, 9.17) is 9.47 Å². The Morgan fingerprint density at radius 1 is 1.05 bits per heavy atom. The van der Waals surface area contributed by atoms with Gasteiger partial charge >= 0.3 is 6.09 Å². The van der Waals surface area contributed by atoms with Crippen LogP contribution in [0.5, 0.6) is 5.75 Å². The van der Waals surface area contributed by atoms with Crippen LogP contribution in [0.25, 0.3) is 0 Å². The Morgan fingerprint density at radius 2 is 1.73 bits per heavy atom. The summed E-state index contributed by atoms with van der Waals surface area (Å²) in [4.78, 5) is 27.8. The molecule has 0 radical (unpaired) electrons. The lowest BCUT2D eigenvalue weighted by molar-refractivity contribution is -0.137. The van der Waals surface area contributed by atoms with Gasteiger partial charge in [0, 0.05) is 32.8 Å². The molecule has 0 aromatic heterocycles. The van der Waals surface area contributed by atoms with Gasteiger partial charge in [0.05, 0.1) is 12.5 Å². The van der Waals surface area contributed by atoms with Crippen LogP contribution >= 0.6 is 0 Å². The second-order valence-corrected chi connectivity index (χ2v) is 5.55. The molecule has 0 N–H and O–H groups in total. The number of rotatable bonds is 2. The summed E-state index contributed by atoms with van der Waals surface area (Å²) in [6.07, 6.45) is 0.442. The van der Waals surface area contributed by atoms with Crippen molar-refractivity contribution < 1.29 is 19.1 Å². The number of hydrogen-bond donors (Lipinski definition) is 0. The maximum atomic E-state index is 12.3. The summed E-state index contributed by atoms with van der Waals surface area (Å²) < 4.78 is 10.6. The fourth-order valence-electron chi connectivity index (χ4n) is 2.75. The fraction of sp³-hybridized carbons (Fsp3) is 0.500. The van der Waals surface area contributed by atoms with E-state index in [0.29, 0.717) is 45.1 Å². The number of piperazine rings is 1. The van der Waals surface area contributed by atoms with Gasteiger partial charge in [0.25, 0.3) is 0 Å². The van der Waals surface area contributed by atoms with E-state index in [9.17, 15) is 9.59 Å². The van der Waals surface area contributed by atoms with E-state index in [1.54, 1.807) is 17.0 Å². The second kappa shape index (κ2) is 6.79. The predicted octanol–water partition coefficient (Wildman–Crippen LogP) is 1.37. The Hall–Kier alpha value is -2.08. The van der Waals surface area contributed by atoms with E-state index in [1.807, 2.05) is 23.1 Å². The zero-order valence-electron chi connectivity index (χ0n) is 12.4. The van der Waals surface area contributed by atoms with Gasteiger partial charge in [-0.25, -0.2) is 4.79 Å². The van der Waals surface area contributed by atoms with Crippen molar-refractivity contribution in [3.8, 4) is 5.75 Å². The van der Waals surface area contributed by atoms with Gasteiger partial charge < -0.3 is 19.3 Å². The Labute approximate surface area is 129 Å². The molecular weight excluding hydrogens is 284 g/mol. The van der Waals surface area contributed by atoms with Crippen LogP contribution in [-0.2, 0) is 9.53 Å². The van der Waals surface area contributed by atoms with Crippen LogP contribution in [0.2, 0.25) is 0 Å². The molecule has 0 bridgehead atoms. The summed E-state index contributed by atoms with van der Waals surface area (Å²) in [6.45, 7) is 3.31. The van der Waals surface area contributed by atoms with Crippen LogP contribution < -0.4 is 4.74 Å². The van der Waals surface area contributed by atoms with Crippen LogP contribution in [0, 0.1) is 5.92 Å². The van der Waals surface area contributed by atoms with Crippen molar-refractivity contribution >= 4 is 12.0 Å². The van der Waals surface area contributed by atoms with Gasteiger partial charge in [-0.3, -0.25) is 4.79 Å². The van der Waals surface area contributed by atoms with Gasteiger partial charge in [0.2, 0.25) is 5.91 Å². The van der Waals surface area contributed by atoms with Gasteiger partial charge in [-0.2, -0.15) is 0 Å². The Morgan fingerprint density at radius 3 is 2.36 bits per heavy atom. The first-order chi connectivity index (χ1) is 10.7. The summed E-state index contributed by atoms with van der Waals surface area (Å²) in [5.41, 5.74) is 0. The summed E-state index contributed by atoms with van der Waals surface area (Å²) in [5.74, 6) is 0.672. The molecule has 2 aliphatic heterocycles. The highest BCUT2D eigenvalue weighted by Crippen LogP contribution is 2.17. The van der Waals surface area contributed by atoms with Crippen LogP contribution in [0.3, 0.4) is 0 Å². The molecule has 1 aromatic rings. The van der Waals surface area contributed by atoms with E-state index in [-0.39, 0.29) is 17.9 Å². The quantitative estimate of drug-likeness (QED) is 0.828. The molecule has 2 heterocycles. The van der Waals surface area contributed by atoms with E-state index in [2.05, 4.69) is 0 Å². The topological polar surface area (TPSA) is 59.1 Å². The largest absolute Gasteiger partial charge is 0.415 e. The number of benzene rings is 1. The highest BCUT2D eigenvalue weighted by atomic mass is 16.6. The Bertz CT molecular complexity index is 520. The molecule has 2 fully saturated rings. The molecule has 6 heteroatoms. The SMILES string of the molecule is O=C(Oc1ccccc1)N1CCN(C(=O)C2CCOC2)CC1. The number of carbonyl (C=O) groups is 2. The zero-order chi connectivity index (χ0) is 15.4. The third kappa shape index (κ3) is 3.39. The van der Waals surface area contributed by atoms with Crippen molar-refractivity contribution in [2.75, 3.05) is 39.4 Å². The summed E-state index contributed by atoms with van der Waals surface area (Å²) in [6, 6.07) is 9.01. The molecule has 22 heavy (non-hydrogen) atoms. The third-order valence-corrected chi connectivity index (χ3v) is 4.08. The van der Waals surface area contributed by atoms with Gasteiger partial charge in [0.1, 0.15) is 5.75 Å². The van der Waals surface area contributed by atoms with Crippen LogP contribution in [0.4, 0.5) is 4.79 Å². The lowest BCUT2D eigenvalue weighted by atomic mass is 10.1. The van der Waals surface area contributed by atoms with Crippen molar-refractivity contribution in [1.82, 2.24) is 9.80 Å². The normalized spacial score (nSPS) is 21.7. The number of nitrogens with zero attached hydrogens (tertiary/aromatic N) is 2. The van der Waals surface area contributed by atoms with Crippen molar-refractivity contribution in [3.05, 3.63) is 30.3 Å². The molecule has 1 unspecified atom stereocenters. The predicted molar refractivity (Wildman–Crippen MR) is 79.5 cm³/mol. The van der Waals surface area contributed by atoms with Gasteiger partial charge in [-0.1, -0.05) is 18.2 Å². The first-order valence-electron chi connectivity index (χ1n) is 7.62. The Kier molecular flexibility index (Phi) is 4.58. The zero-order valence-corrected chi connectivity index (χ0v) is 12.4. The minimum Gasteiger partial charge on any atom is -0.410 e. The van der Waals surface area contributed by atoms with Crippen molar-refractivity contribution in [3.63, 3.8) is 0 Å². The maximum absolute atomic E-state index is 12.3. The van der Waals surface area contributed by atoms with Crippen LogP contribution in [0.15, 0.2) is 30.3 Å². The van der Waals surface area contributed by atoms with Gasteiger partial charge in [0.15, 0.2) is 0 Å². The molecular formula is C16H20N2O4. The van der Waals surface area contributed by atoms with E-state index >= 15 is 0 Å². The average Bonchev–Trinajstić information content (AvgIpc) is 3.10. The van der Waals surface area contributed by atoms with Gasteiger partial charge in [-0.05, 0) is 18.6 Å². The van der Waals surface area contributed by atoms with E-state index in [0.717, 1.165) is 6.42 Å². The molecule has 2 amide bonds. The molecule has 2 saturated heterocycles. The minimum atomic E-state index is -0.359. The molecule has 118 valence electrons. The maximum Gasteiger partial charge on any atom is 0.415 e. The molecule has 0 saturated carbocycles. The third-order valence-electron chi connectivity index (χ3n) is 4.08. The lowest BCUT2D eigenvalue weighted by Crippen LogP contribution is -2.52. The molecule has 1 atom stereocenters. The number of hydrogen-bond acceptors (Lipinski definition) is 4. The van der Waals surface area contributed by atoms with E-state index < -0.39 is 0 Å². The number of ether oxygens (including phenoxy) is 2. The standard InChI is InChI=1S/C16H20N2O4/c19-15(13-6-11-21-12-13)17-7-9-18(10-8-17)16(20)22-14-4-2-1-3-5-14/h1-5,13H,6-12H2. The summed E-state index contributed by atoms with van der Waals surface area (Å²) in [7, 11) is 0. The fourth-order valence-corrected chi connectivity index (χ4v) is 2.75. The highest BCUT2D eigenvalue weighted by molar-refractivity contribution is 5.79. The van der Waals surface area contributed by atoms with Crippen molar-refractivity contribution in [2.45, 2.75) is 6.42 Å². The van der Waals surface area contributed by atoms with Crippen molar-refractivity contribution in [1.29, 1.82) is 0 Å². The monoisotopic (exact) mass is 304 g/mol. The second-order valence-electron chi connectivity index (χ2n) is 5.55. The number of para-hydroxylation sites is 1.